The van der Waals surface area contributed by atoms with Gasteiger partial charge in [0.25, 0.3) is 0 Å². The molecule has 0 aromatic heterocycles. The summed E-state index contributed by atoms with van der Waals surface area (Å²) in [6, 6.07) is 6.71. The second kappa shape index (κ2) is 5.39. The number of rotatable bonds is 4. The van der Waals surface area contributed by atoms with Crippen molar-refractivity contribution in [3.05, 3.63) is 42.2 Å². The first-order valence-corrected chi connectivity index (χ1v) is 5.63. The van der Waals surface area contributed by atoms with Crippen molar-refractivity contribution in [2.75, 3.05) is 11.9 Å². The first-order valence-electron chi connectivity index (χ1n) is 5.63. The van der Waals surface area contributed by atoms with Crippen LogP contribution in [0.4, 0.5) is 5.69 Å². The maximum Gasteiger partial charge on any atom is 0.335 e. The van der Waals surface area contributed by atoms with E-state index in [4.69, 9.17) is 9.84 Å². The zero-order valence-electron chi connectivity index (χ0n) is 9.43. The van der Waals surface area contributed by atoms with Crippen LogP contribution in [0.1, 0.15) is 23.2 Å². The van der Waals surface area contributed by atoms with Gasteiger partial charge in [-0.25, -0.2) is 4.79 Å². The third-order valence-corrected chi connectivity index (χ3v) is 2.69. The highest BCUT2D eigenvalue weighted by Crippen LogP contribution is 2.13. The van der Waals surface area contributed by atoms with Crippen LogP contribution < -0.4 is 5.32 Å². The molecule has 0 spiro atoms. The van der Waals surface area contributed by atoms with Crippen molar-refractivity contribution in [2.45, 2.75) is 18.9 Å². The molecule has 0 bridgehead atoms. The van der Waals surface area contributed by atoms with Gasteiger partial charge < -0.3 is 15.2 Å². The van der Waals surface area contributed by atoms with Gasteiger partial charge in [-0.2, -0.15) is 0 Å². The minimum absolute atomic E-state index is 0.194. The Balaban J connectivity index is 1.86. The van der Waals surface area contributed by atoms with Gasteiger partial charge in [0.2, 0.25) is 0 Å². The molecule has 1 atom stereocenters. The van der Waals surface area contributed by atoms with Gasteiger partial charge in [-0.05, 0) is 43.2 Å². The molecule has 0 saturated heterocycles. The Hall–Kier alpha value is -1.97. The fourth-order valence-corrected chi connectivity index (χ4v) is 1.70. The number of carboxylic acid groups (broad SMARTS) is 1. The van der Waals surface area contributed by atoms with Crippen LogP contribution in [0.2, 0.25) is 0 Å². The van der Waals surface area contributed by atoms with Crippen LogP contribution in [0.25, 0.3) is 0 Å². The number of carbonyl (C=O) groups is 1. The van der Waals surface area contributed by atoms with Crippen molar-refractivity contribution < 1.29 is 14.6 Å². The van der Waals surface area contributed by atoms with Gasteiger partial charge >= 0.3 is 5.97 Å². The summed E-state index contributed by atoms with van der Waals surface area (Å²) in [7, 11) is 0. The predicted octanol–water partition coefficient (Wildman–Crippen LogP) is 2.49. The molecule has 0 saturated carbocycles. The van der Waals surface area contributed by atoms with E-state index in [1.54, 1.807) is 30.5 Å². The van der Waals surface area contributed by atoms with Crippen molar-refractivity contribution in [2.24, 2.45) is 0 Å². The number of aromatic carboxylic acids is 1. The number of carboxylic acids is 1. The Bertz CT molecular complexity index is 411. The number of benzene rings is 1. The first kappa shape index (κ1) is 11.5. The monoisotopic (exact) mass is 233 g/mol. The zero-order valence-corrected chi connectivity index (χ0v) is 9.43. The molecule has 1 aromatic carbocycles. The minimum Gasteiger partial charge on any atom is -0.497 e. The normalized spacial score (nSPS) is 18.5. The number of hydrogen-bond donors (Lipinski definition) is 2. The van der Waals surface area contributed by atoms with Crippen molar-refractivity contribution in [3.8, 4) is 0 Å². The lowest BCUT2D eigenvalue weighted by molar-refractivity contribution is 0.0697. The molecule has 17 heavy (non-hydrogen) atoms. The molecule has 1 heterocycles. The van der Waals surface area contributed by atoms with Crippen LogP contribution in [0.5, 0.6) is 0 Å². The van der Waals surface area contributed by atoms with Gasteiger partial charge in [-0.15, -0.1) is 0 Å². The molecule has 2 N–H and O–H groups in total. The topological polar surface area (TPSA) is 58.6 Å². The first-order chi connectivity index (χ1) is 8.25. The maximum absolute atomic E-state index is 10.7. The van der Waals surface area contributed by atoms with Gasteiger partial charge in [-0.3, -0.25) is 0 Å². The molecule has 1 aliphatic heterocycles. The summed E-state index contributed by atoms with van der Waals surface area (Å²) < 4.78 is 5.42. The summed E-state index contributed by atoms with van der Waals surface area (Å²) in [6.45, 7) is 0.733. The quantitative estimate of drug-likeness (QED) is 0.838. The molecule has 0 amide bonds. The standard InChI is InChI=1S/C13H15NO3/c15-13(16)10-4-6-11(7-5-10)14-9-12-3-1-2-8-17-12/h2,4-8,12,14H,1,3,9H2,(H,15,16). The lowest BCUT2D eigenvalue weighted by Gasteiger charge is -2.20. The molecule has 0 radical (unpaired) electrons. The van der Waals surface area contributed by atoms with Gasteiger partial charge in [0, 0.05) is 5.69 Å². The van der Waals surface area contributed by atoms with Crippen LogP contribution in [0, 0.1) is 0 Å². The molecule has 1 unspecified atom stereocenters. The van der Waals surface area contributed by atoms with E-state index in [0.29, 0.717) is 5.56 Å². The summed E-state index contributed by atoms with van der Waals surface area (Å²) >= 11 is 0. The van der Waals surface area contributed by atoms with Crippen molar-refractivity contribution in [1.82, 2.24) is 0 Å². The van der Waals surface area contributed by atoms with Crippen LogP contribution in [0.3, 0.4) is 0 Å². The van der Waals surface area contributed by atoms with E-state index in [9.17, 15) is 4.79 Å². The van der Waals surface area contributed by atoms with Crippen molar-refractivity contribution in [3.63, 3.8) is 0 Å². The summed E-state index contributed by atoms with van der Waals surface area (Å²) in [4.78, 5) is 10.7. The third-order valence-electron chi connectivity index (χ3n) is 2.69. The Morgan fingerprint density at radius 3 is 2.76 bits per heavy atom. The molecule has 1 aliphatic rings. The second-order valence-corrected chi connectivity index (χ2v) is 3.97. The number of hydrogen-bond acceptors (Lipinski definition) is 3. The molecule has 1 aromatic rings. The minimum atomic E-state index is -0.905. The Morgan fingerprint density at radius 2 is 2.18 bits per heavy atom. The molecule has 0 aliphatic carbocycles. The summed E-state index contributed by atoms with van der Waals surface area (Å²) in [5, 5.41) is 12.0. The van der Waals surface area contributed by atoms with Crippen molar-refractivity contribution >= 4 is 11.7 Å². The van der Waals surface area contributed by atoms with E-state index < -0.39 is 5.97 Å². The van der Waals surface area contributed by atoms with E-state index in [1.807, 2.05) is 6.08 Å². The molecule has 2 rings (SSSR count). The summed E-state index contributed by atoms with van der Waals surface area (Å²) in [5.41, 5.74) is 1.21. The van der Waals surface area contributed by atoms with Gasteiger partial charge in [0.1, 0.15) is 6.10 Å². The number of allylic oxidation sites excluding steroid dienone is 1. The predicted molar refractivity (Wildman–Crippen MR) is 65.1 cm³/mol. The summed E-state index contributed by atoms with van der Waals surface area (Å²) in [6.07, 6.45) is 6.00. The fraction of sp³-hybridized carbons (Fsp3) is 0.308. The third kappa shape index (κ3) is 3.24. The smallest absolute Gasteiger partial charge is 0.335 e. The van der Waals surface area contributed by atoms with E-state index in [2.05, 4.69) is 5.32 Å². The van der Waals surface area contributed by atoms with Gasteiger partial charge in [0.15, 0.2) is 0 Å². The largest absolute Gasteiger partial charge is 0.497 e. The molecule has 4 heteroatoms. The average molecular weight is 233 g/mol. The van der Waals surface area contributed by atoms with Crippen LogP contribution in [0.15, 0.2) is 36.6 Å². The van der Waals surface area contributed by atoms with Gasteiger partial charge in [-0.1, -0.05) is 0 Å². The SMILES string of the molecule is O=C(O)c1ccc(NCC2CCC=CO2)cc1. The number of nitrogens with one attached hydrogen (secondary N) is 1. The Kier molecular flexibility index (Phi) is 3.65. The fourth-order valence-electron chi connectivity index (χ4n) is 1.70. The van der Waals surface area contributed by atoms with Gasteiger partial charge in [0.05, 0.1) is 18.4 Å². The van der Waals surface area contributed by atoms with Crippen LogP contribution in [-0.4, -0.2) is 23.7 Å². The highest BCUT2D eigenvalue weighted by atomic mass is 16.5. The highest BCUT2D eigenvalue weighted by molar-refractivity contribution is 5.87. The van der Waals surface area contributed by atoms with E-state index in [0.717, 1.165) is 25.1 Å². The van der Waals surface area contributed by atoms with Crippen LogP contribution >= 0.6 is 0 Å². The Labute approximate surface area is 99.9 Å². The van der Waals surface area contributed by atoms with E-state index in [1.165, 1.54) is 0 Å². The average Bonchev–Trinajstić information content (AvgIpc) is 2.38. The molecular formula is C13H15NO3. The van der Waals surface area contributed by atoms with E-state index in [-0.39, 0.29) is 6.10 Å². The molecule has 90 valence electrons. The molecular weight excluding hydrogens is 218 g/mol. The highest BCUT2D eigenvalue weighted by Gasteiger charge is 2.10. The van der Waals surface area contributed by atoms with Crippen molar-refractivity contribution in [1.29, 1.82) is 0 Å². The number of anilines is 1. The maximum atomic E-state index is 10.7. The second-order valence-electron chi connectivity index (χ2n) is 3.97. The molecule has 4 nitrogen and oxygen atoms in total. The number of ether oxygens (including phenoxy) is 1. The lowest BCUT2D eigenvalue weighted by Crippen LogP contribution is -2.22. The summed E-state index contributed by atoms with van der Waals surface area (Å²) in [5.74, 6) is -0.905. The lowest BCUT2D eigenvalue weighted by atomic mass is 10.1. The zero-order chi connectivity index (χ0) is 12.1. The Morgan fingerprint density at radius 1 is 1.41 bits per heavy atom. The molecule has 0 fully saturated rings. The van der Waals surface area contributed by atoms with E-state index >= 15 is 0 Å². The van der Waals surface area contributed by atoms with Crippen LogP contribution in [-0.2, 0) is 4.74 Å².